The Morgan fingerprint density at radius 2 is 2.06 bits per heavy atom. The van der Waals surface area contributed by atoms with Crippen LogP contribution in [0, 0.1) is 5.92 Å². The monoisotopic (exact) mass is 252 g/mol. The summed E-state index contributed by atoms with van der Waals surface area (Å²) in [6.45, 7) is 11.5. The number of unbranched alkanes of at least 4 members (excludes halogenated alkanes) is 2. The largest absolute Gasteiger partial charge is 0.389 e. The molecular formula is C16H32N2. The first kappa shape index (κ1) is 17.2. The summed E-state index contributed by atoms with van der Waals surface area (Å²) in [7, 11) is 2.08. The van der Waals surface area contributed by atoms with E-state index in [4.69, 9.17) is 0 Å². The van der Waals surface area contributed by atoms with Gasteiger partial charge in [0.05, 0.1) is 0 Å². The van der Waals surface area contributed by atoms with Crippen LogP contribution in [0.25, 0.3) is 0 Å². The second kappa shape index (κ2) is 10.2. The van der Waals surface area contributed by atoms with Crippen LogP contribution in [0.15, 0.2) is 24.9 Å². The van der Waals surface area contributed by atoms with E-state index in [1.54, 1.807) is 0 Å². The molecule has 0 aromatic carbocycles. The first-order valence-electron chi connectivity index (χ1n) is 7.31. The van der Waals surface area contributed by atoms with E-state index in [1.807, 2.05) is 25.3 Å². The Morgan fingerprint density at radius 3 is 2.56 bits per heavy atom. The standard InChI is InChI=1S/C16H32N2/c1-6-9-10-11-12-15(4)16(8-3,17-5)14-18-13-7-2/h6-7,13,15,17-18H,1,8-12,14H2,2-5H3. The molecule has 2 atom stereocenters. The van der Waals surface area contributed by atoms with Gasteiger partial charge in [0.1, 0.15) is 0 Å². The molecule has 0 bridgehead atoms. The summed E-state index contributed by atoms with van der Waals surface area (Å²) in [6.07, 6.45) is 12.2. The van der Waals surface area contributed by atoms with Crippen LogP contribution in [0.1, 0.15) is 52.9 Å². The van der Waals surface area contributed by atoms with Gasteiger partial charge in [0, 0.05) is 12.1 Å². The topological polar surface area (TPSA) is 24.1 Å². The zero-order valence-electron chi connectivity index (χ0n) is 12.8. The van der Waals surface area contributed by atoms with Crippen LogP contribution in [-0.2, 0) is 0 Å². The molecule has 0 heterocycles. The molecule has 106 valence electrons. The van der Waals surface area contributed by atoms with Crippen LogP contribution < -0.4 is 10.6 Å². The minimum atomic E-state index is 0.202. The van der Waals surface area contributed by atoms with Crippen molar-refractivity contribution in [3.05, 3.63) is 24.9 Å². The fraction of sp³-hybridized carbons (Fsp3) is 0.750. The zero-order chi connectivity index (χ0) is 13.9. The van der Waals surface area contributed by atoms with Crippen molar-refractivity contribution in [3.8, 4) is 0 Å². The number of likely N-dealkylation sites (N-methyl/N-ethyl adjacent to an activating group) is 1. The maximum absolute atomic E-state index is 3.78. The van der Waals surface area contributed by atoms with E-state index < -0.39 is 0 Å². The molecular weight excluding hydrogens is 220 g/mol. The van der Waals surface area contributed by atoms with Crippen molar-refractivity contribution in [2.75, 3.05) is 13.6 Å². The average molecular weight is 252 g/mol. The van der Waals surface area contributed by atoms with E-state index in [-0.39, 0.29) is 5.54 Å². The SMILES string of the molecule is C=CCCCCC(C)C(CC)(CNC=CC)NC. The van der Waals surface area contributed by atoms with Gasteiger partial charge >= 0.3 is 0 Å². The van der Waals surface area contributed by atoms with Gasteiger partial charge in [-0.05, 0) is 51.8 Å². The van der Waals surface area contributed by atoms with Gasteiger partial charge in [0.25, 0.3) is 0 Å². The van der Waals surface area contributed by atoms with Crippen LogP contribution in [0.5, 0.6) is 0 Å². The van der Waals surface area contributed by atoms with E-state index in [0.29, 0.717) is 5.92 Å². The molecule has 0 saturated carbocycles. The van der Waals surface area contributed by atoms with Crippen molar-refractivity contribution in [1.82, 2.24) is 10.6 Å². The van der Waals surface area contributed by atoms with Crippen LogP contribution in [-0.4, -0.2) is 19.1 Å². The third-order valence-electron chi connectivity index (χ3n) is 4.07. The number of rotatable bonds is 11. The lowest BCUT2D eigenvalue weighted by molar-refractivity contribution is 0.211. The molecule has 2 nitrogen and oxygen atoms in total. The predicted octanol–water partition coefficient (Wildman–Crippen LogP) is 3.86. The molecule has 2 heteroatoms. The third kappa shape index (κ3) is 5.72. The molecule has 18 heavy (non-hydrogen) atoms. The summed E-state index contributed by atoms with van der Waals surface area (Å²) in [4.78, 5) is 0. The predicted molar refractivity (Wildman–Crippen MR) is 82.7 cm³/mol. The summed E-state index contributed by atoms with van der Waals surface area (Å²) in [5.41, 5.74) is 0.202. The Bertz CT molecular complexity index is 229. The molecule has 0 aromatic rings. The fourth-order valence-electron chi connectivity index (χ4n) is 2.53. The number of allylic oxidation sites excluding steroid dienone is 2. The summed E-state index contributed by atoms with van der Waals surface area (Å²) in [5.74, 6) is 0.676. The second-order valence-electron chi connectivity index (χ2n) is 5.11. The van der Waals surface area contributed by atoms with Gasteiger partial charge in [0.2, 0.25) is 0 Å². The average Bonchev–Trinajstić information content (AvgIpc) is 2.40. The fourth-order valence-corrected chi connectivity index (χ4v) is 2.53. The van der Waals surface area contributed by atoms with Gasteiger partial charge in [0.15, 0.2) is 0 Å². The van der Waals surface area contributed by atoms with Crippen molar-refractivity contribution in [3.63, 3.8) is 0 Å². The highest BCUT2D eigenvalue weighted by Crippen LogP contribution is 2.25. The molecule has 0 aliphatic carbocycles. The van der Waals surface area contributed by atoms with Crippen molar-refractivity contribution >= 4 is 0 Å². The Hall–Kier alpha value is -0.760. The molecule has 0 aromatic heterocycles. The quantitative estimate of drug-likeness (QED) is 0.431. The minimum absolute atomic E-state index is 0.202. The molecule has 0 saturated heterocycles. The zero-order valence-corrected chi connectivity index (χ0v) is 12.8. The molecule has 0 aliphatic rings. The van der Waals surface area contributed by atoms with Gasteiger partial charge in [-0.15, -0.1) is 6.58 Å². The normalized spacial score (nSPS) is 16.4. The van der Waals surface area contributed by atoms with E-state index in [0.717, 1.165) is 19.4 Å². The maximum atomic E-state index is 3.78. The van der Waals surface area contributed by atoms with E-state index in [9.17, 15) is 0 Å². The lowest BCUT2D eigenvalue weighted by Crippen LogP contribution is -2.54. The van der Waals surface area contributed by atoms with E-state index >= 15 is 0 Å². The summed E-state index contributed by atoms with van der Waals surface area (Å²) in [5, 5.41) is 6.95. The molecule has 0 rings (SSSR count). The van der Waals surface area contributed by atoms with Gasteiger partial charge in [-0.25, -0.2) is 0 Å². The Kier molecular flexibility index (Phi) is 9.76. The van der Waals surface area contributed by atoms with Crippen LogP contribution >= 0.6 is 0 Å². The van der Waals surface area contributed by atoms with E-state index in [2.05, 4.69) is 38.1 Å². The second-order valence-corrected chi connectivity index (χ2v) is 5.11. The van der Waals surface area contributed by atoms with Gasteiger partial charge in [-0.1, -0.05) is 32.4 Å². The number of nitrogens with one attached hydrogen (secondary N) is 2. The van der Waals surface area contributed by atoms with Gasteiger partial charge in [-0.2, -0.15) is 0 Å². The van der Waals surface area contributed by atoms with Crippen molar-refractivity contribution in [2.24, 2.45) is 5.92 Å². The number of hydrogen-bond acceptors (Lipinski definition) is 2. The maximum Gasteiger partial charge on any atom is 0.0375 e. The van der Waals surface area contributed by atoms with Crippen molar-refractivity contribution in [1.29, 1.82) is 0 Å². The minimum Gasteiger partial charge on any atom is -0.389 e. The lowest BCUT2D eigenvalue weighted by Gasteiger charge is -2.39. The molecule has 0 spiro atoms. The van der Waals surface area contributed by atoms with Crippen LogP contribution in [0.4, 0.5) is 0 Å². The Morgan fingerprint density at radius 1 is 1.33 bits per heavy atom. The molecule has 0 fully saturated rings. The molecule has 0 amide bonds. The van der Waals surface area contributed by atoms with Crippen LogP contribution in [0.2, 0.25) is 0 Å². The molecule has 0 radical (unpaired) electrons. The third-order valence-corrected chi connectivity index (χ3v) is 4.07. The smallest absolute Gasteiger partial charge is 0.0375 e. The number of hydrogen-bond donors (Lipinski definition) is 2. The highest BCUT2D eigenvalue weighted by atomic mass is 15.0. The molecule has 2 unspecified atom stereocenters. The first-order valence-corrected chi connectivity index (χ1v) is 7.31. The summed E-state index contributed by atoms with van der Waals surface area (Å²) >= 11 is 0. The Balaban J connectivity index is 4.30. The van der Waals surface area contributed by atoms with Crippen molar-refractivity contribution < 1.29 is 0 Å². The van der Waals surface area contributed by atoms with Gasteiger partial charge < -0.3 is 10.6 Å². The molecule has 2 N–H and O–H groups in total. The summed E-state index contributed by atoms with van der Waals surface area (Å²) in [6, 6.07) is 0. The lowest BCUT2D eigenvalue weighted by atomic mass is 9.79. The highest BCUT2D eigenvalue weighted by molar-refractivity contribution is 4.94. The van der Waals surface area contributed by atoms with E-state index in [1.165, 1.54) is 19.3 Å². The Labute approximate surface area is 114 Å². The van der Waals surface area contributed by atoms with Gasteiger partial charge in [-0.3, -0.25) is 0 Å². The van der Waals surface area contributed by atoms with Crippen LogP contribution in [0.3, 0.4) is 0 Å². The molecule has 0 aliphatic heterocycles. The highest BCUT2D eigenvalue weighted by Gasteiger charge is 2.31. The van der Waals surface area contributed by atoms with Crippen molar-refractivity contribution in [2.45, 2.75) is 58.4 Å². The summed E-state index contributed by atoms with van der Waals surface area (Å²) < 4.78 is 0. The first-order chi connectivity index (χ1) is 8.66.